The molecule has 0 spiro atoms. The number of fused-ring (bicyclic) bond motifs is 1. The summed E-state index contributed by atoms with van der Waals surface area (Å²) in [5.41, 5.74) is 2.59. The van der Waals surface area contributed by atoms with Gasteiger partial charge in [-0.3, -0.25) is 4.79 Å². The van der Waals surface area contributed by atoms with Crippen LogP contribution in [-0.2, 0) is 4.79 Å². The number of hydrogen-bond donors (Lipinski definition) is 1. The normalized spacial score (nSPS) is 21.1. The van der Waals surface area contributed by atoms with Gasteiger partial charge in [-0.05, 0) is 43.2 Å². The summed E-state index contributed by atoms with van der Waals surface area (Å²) < 4.78 is 13.0. The number of anilines is 1. The Morgan fingerprint density at radius 2 is 2.21 bits per heavy atom. The van der Waals surface area contributed by atoms with Crippen LogP contribution in [0.3, 0.4) is 0 Å². The Kier molecular flexibility index (Phi) is 4.00. The third kappa shape index (κ3) is 2.70. The fourth-order valence-electron chi connectivity index (χ4n) is 4.13. The molecule has 0 radical (unpaired) electrons. The van der Waals surface area contributed by atoms with Crippen molar-refractivity contribution in [2.75, 3.05) is 11.9 Å². The summed E-state index contributed by atoms with van der Waals surface area (Å²) in [5.74, 6) is 2.38. The van der Waals surface area contributed by atoms with Gasteiger partial charge in [0.15, 0.2) is 5.78 Å². The zero-order valence-electron chi connectivity index (χ0n) is 15.5. The zero-order chi connectivity index (χ0) is 19.1. The van der Waals surface area contributed by atoms with Crippen molar-refractivity contribution in [3.8, 4) is 5.75 Å². The lowest BCUT2D eigenvalue weighted by Crippen LogP contribution is -2.33. The summed E-state index contributed by atoms with van der Waals surface area (Å²) >= 11 is 0. The quantitative estimate of drug-likeness (QED) is 0.748. The number of rotatable bonds is 4. The number of ether oxygens (including phenoxy) is 1. The van der Waals surface area contributed by atoms with Crippen molar-refractivity contribution in [1.29, 1.82) is 0 Å². The fourth-order valence-corrected chi connectivity index (χ4v) is 4.13. The molecule has 7 heteroatoms. The molecule has 1 aliphatic heterocycles. The molecule has 2 aromatic heterocycles. The molecule has 0 saturated carbocycles. The van der Waals surface area contributed by atoms with E-state index in [-0.39, 0.29) is 17.7 Å². The standard InChI is InChI=1S/C21H20N4O3/c1-2-27-15-6-3-5-13(9-15)20-19-16(24-21-22-12-23-25(20)21)10-14(11-17(19)26)18-7-4-8-28-18/h3-9,12,14,20H,2,10-11H2,1H3,(H,22,23,24)/t14-,20+/m1/s1. The number of nitrogens with zero attached hydrogens (tertiary/aromatic N) is 3. The molecule has 0 amide bonds. The highest BCUT2D eigenvalue weighted by Crippen LogP contribution is 2.44. The van der Waals surface area contributed by atoms with Crippen LogP contribution in [-0.4, -0.2) is 27.2 Å². The van der Waals surface area contributed by atoms with Crippen LogP contribution in [0, 0.1) is 0 Å². The van der Waals surface area contributed by atoms with E-state index < -0.39 is 0 Å². The van der Waals surface area contributed by atoms with E-state index in [1.807, 2.05) is 43.3 Å². The largest absolute Gasteiger partial charge is 0.494 e. The molecular formula is C21H20N4O3. The van der Waals surface area contributed by atoms with Crippen LogP contribution in [0.25, 0.3) is 0 Å². The number of furan rings is 1. The van der Waals surface area contributed by atoms with Crippen LogP contribution in [0.1, 0.15) is 43.0 Å². The maximum absolute atomic E-state index is 13.2. The van der Waals surface area contributed by atoms with Gasteiger partial charge in [0.2, 0.25) is 5.95 Å². The first-order valence-corrected chi connectivity index (χ1v) is 9.43. The second kappa shape index (κ2) is 6.67. The van der Waals surface area contributed by atoms with Gasteiger partial charge in [0, 0.05) is 23.6 Å². The van der Waals surface area contributed by atoms with Crippen molar-refractivity contribution in [3.63, 3.8) is 0 Å². The lowest BCUT2D eigenvalue weighted by molar-refractivity contribution is -0.117. The molecule has 5 rings (SSSR count). The van der Waals surface area contributed by atoms with Crippen LogP contribution in [0.15, 0.2) is 64.7 Å². The number of carbonyl (C=O) groups excluding carboxylic acids is 1. The van der Waals surface area contributed by atoms with E-state index in [0.29, 0.717) is 25.4 Å². The second-order valence-corrected chi connectivity index (χ2v) is 7.00. The van der Waals surface area contributed by atoms with Gasteiger partial charge in [0.1, 0.15) is 23.9 Å². The first-order valence-electron chi connectivity index (χ1n) is 9.43. The predicted molar refractivity (Wildman–Crippen MR) is 102 cm³/mol. The summed E-state index contributed by atoms with van der Waals surface area (Å²) in [6, 6.07) is 11.3. The maximum Gasteiger partial charge on any atom is 0.226 e. The minimum absolute atomic E-state index is 0.0265. The molecule has 0 fully saturated rings. The molecule has 142 valence electrons. The van der Waals surface area contributed by atoms with Crippen LogP contribution in [0.2, 0.25) is 0 Å². The Bertz CT molecular complexity index is 1050. The Balaban J connectivity index is 1.60. The van der Waals surface area contributed by atoms with Crippen LogP contribution >= 0.6 is 0 Å². The molecule has 3 heterocycles. The van der Waals surface area contributed by atoms with Crippen molar-refractivity contribution < 1.29 is 13.9 Å². The summed E-state index contributed by atoms with van der Waals surface area (Å²) in [5, 5.41) is 7.70. The third-order valence-corrected chi connectivity index (χ3v) is 5.29. The number of nitrogens with one attached hydrogen (secondary N) is 1. The number of carbonyl (C=O) groups is 1. The molecule has 1 aliphatic carbocycles. The van der Waals surface area contributed by atoms with E-state index in [4.69, 9.17) is 9.15 Å². The van der Waals surface area contributed by atoms with Crippen molar-refractivity contribution in [2.45, 2.75) is 31.7 Å². The first kappa shape index (κ1) is 16.8. The molecule has 2 aliphatic rings. The Labute approximate surface area is 162 Å². The lowest BCUT2D eigenvalue weighted by Gasteiger charge is -2.34. The van der Waals surface area contributed by atoms with E-state index in [1.165, 1.54) is 6.33 Å². The first-order chi connectivity index (χ1) is 13.7. The van der Waals surface area contributed by atoms with Crippen molar-refractivity contribution in [1.82, 2.24) is 14.8 Å². The number of allylic oxidation sites excluding steroid dienone is 2. The molecule has 7 nitrogen and oxygen atoms in total. The third-order valence-electron chi connectivity index (χ3n) is 5.29. The molecule has 0 unspecified atom stereocenters. The van der Waals surface area contributed by atoms with Gasteiger partial charge in [0.25, 0.3) is 0 Å². The Morgan fingerprint density at radius 3 is 3.04 bits per heavy atom. The fraction of sp³-hybridized carbons (Fsp3) is 0.286. The zero-order valence-corrected chi connectivity index (χ0v) is 15.5. The average molecular weight is 376 g/mol. The molecule has 2 atom stereocenters. The van der Waals surface area contributed by atoms with E-state index in [1.54, 1.807) is 10.9 Å². The van der Waals surface area contributed by atoms with Crippen molar-refractivity contribution >= 4 is 11.7 Å². The average Bonchev–Trinajstić information content (AvgIpc) is 3.38. The maximum atomic E-state index is 13.2. The van der Waals surface area contributed by atoms with Gasteiger partial charge in [-0.2, -0.15) is 10.1 Å². The Hall–Kier alpha value is -3.35. The topological polar surface area (TPSA) is 82.2 Å². The van der Waals surface area contributed by atoms with Crippen molar-refractivity contribution in [3.05, 3.63) is 71.6 Å². The number of hydrogen-bond acceptors (Lipinski definition) is 6. The molecule has 1 N–H and O–H groups in total. The van der Waals surface area contributed by atoms with Gasteiger partial charge in [0.05, 0.1) is 12.9 Å². The molecule has 0 saturated heterocycles. The van der Waals surface area contributed by atoms with Crippen LogP contribution < -0.4 is 10.1 Å². The molecular weight excluding hydrogens is 356 g/mol. The second-order valence-electron chi connectivity index (χ2n) is 7.00. The van der Waals surface area contributed by atoms with Gasteiger partial charge in [-0.1, -0.05) is 12.1 Å². The van der Waals surface area contributed by atoms with E-state index in [2.05, 4.69) is 15.4 Å². The number of ketones is 1. The SMILES string of the molecule is CCOc1cccc([C@H]2C3=C(C[C@@H](c4ccco4)CC3=O)Nc3ncnn32)c1. The van der Waals surface area contributed by atoms with Gasteiger partial charge < -0.3 is 14.5 Å². The van der Waals surface area contributed by atoms with Crippen molar-refractivity contribution in [2.24, 2.45) is 0 Å². The number of Topliss-reactive ketones (excluding diaryl/α,β-unsaturated/α-hetero) is 1. The minimum atomic E-state index is -0.320. The molecule has 0 bridgehead atoms. The smallest absolute Gasteiger partial charge is 0.226 e. The molecule has 1 aromatic carbocycles. The summed E-state index contributed by atoms with van der Waals surface area (Å²) in [6.45, 7) is 2.54. The molecule has 28 heavy (non-hydrogen) atoms. The van der Waals surface area contributed by atoms with Crippen LogP contribution in [0.5, 0.6) is 5.75 Å². The monoisotopic (exact) mass is 376 g/mol. The summed E-state index contributed by atoms with van der Waals surface area (Å²) in [6.07, 6.45) is 4.27. The van der Waals surface area contributed by atoms with Gasteiger partial charge in [-0.15, -0.1) is 0 Å². The predicted octanol–water partition coefficient (Wildman–Crippen LogP) is 3.69. The highest BCUT2D eigenvalue weighted by molar-refractivity contribution is 6.00. The highest BCUT2D eigenvalue weighted by Gasteiger charge is 2.39. The number of benzene rings is 1. The van der Waals surface area contributed by atoms with Crippen LogP contribution in [0.4, 0.5) is 5.95 Å². The van der Waals surface area contributed by atoms with E-state index in [0.717, 1.165) is 28.3 Å². The molecule has 3 aromatic rings. The van der Waals surface area contributed by atoms with Gasteiger partial charge in [-0.25, -0.2) is 4.68 Å². The lowest BCUT2D eigenvalue weighted by atomic mass is 9.79. The highest BCUT2D eigenvalue weighted by atomic mass is 16.5. The summed E-state index contributed by atoms with van der Waals surface area (Å²) in [7, 11) is 0. The van der Waals surface area contributed by atoms with E-state index >= 15 is 0 Å². The number of aromatic nitrogens is 3. The minimum Gasteiger partial charge on any atom is -0.494 e. The Morgan fingerprint density at radius 1 is 1.29 bits per heavy atom. The summed E-state index contributed by atoms with van der Waals surface area (Å²) in [4.78, 5) is 17.6. The van der Waals surface area contributed by atoms with E-state index in [9.17, 15) is 4.79 Å². The van der Waals surface area contributed by atoms with Gasteiger partial charge >= 0.3 is 0 Å².